The van der Waals surface area contributed by atoms with E-state index in [9.17, 15) is 9.90 Å². The molecule has 26 heavy (non-hydrogen) atoms. The minimum Gasteiger partial charge on any atom is -0.496 e. The first-order valence-electron chi connectivity index (χ1n) is 8.73. The van der Waals surface area contributed by atoms with Crippen molar-refractivity contribution >= 4 is 16.9 Å². The van der Waals surface area contributed by atoms with Crippen molar-refractivity contribution in [1.82, 2.24) is 10.3 Å². The van der Waals surface area contributed by atoms with Crippen molar-refractivity contribution in [2.45, 2.75) is 32.4 Å². The fourth-order valence-corrected chi connectivity index (χ4v) is 3.98. The zero-order chi connectivity index (χ0) is 18.4. The molecule has 0 saturated carbocycles. The second-order valence-corrected chi connectivity index (χ2v) is 6.94. The molecule has 2 atom stereocenters. The molecule has 2 heterocycles. The third kappa shape index (κ3) is 2.56. The predicted molar refractivity (Wildman–Crippen MR) is 101 cm³/mol. The van der Waals surface area contributed by atoms with Gasteiger partial charge in [-0.1, -0.05) is 24.3 Å². The fraction of sp³-hybridized carbons (Fsp3) is 0.286. The lowest BCUT2D eigenvalue weighted by molar-refractivity contribution is -0.139. The number of rotatable bonds is 3. The number of carbonyl (C=O) groups is 1. The van der Waals surface area contributed by atoms with E-state index in [1.165, 1.54) is 0 Å². The summed E-state index contributed by atoms with van der Waals surface area (Å²) in [7, 11) is 1.66. The van der Waals surface area contributed by atoms with E-state index in [0.29, 0.717) is 6.42 Å². The Labute approximate surface area is 152 Å². The molecule has 0 radical (unpaired) electrons. The van der Waals surface area contributed by atoms with Crippen LogP contribution in [0.1, 0.15) is 34.0 Å². The lowest BCUT2D eigenvalue weighted by atomic mass is 9.88. The van der Waals surface area contributed by atoms with Gasteiger partial charge in [-0.3, -0.25) is 10.1 Å². The maximum atomic E-state index is 11.8. The average Bonchev–Trinajstić information content (AvgIpc) is 3.01. The number of aliphatic carboxylic acids is 1. The number of benzene rings is 2. The highest BCUT2D eigenvalue weighted by Crippen LogP contribution is 2.37. The van der Waals surface area contributed by atoms with Gasteiger partial charge in [-0.05, 0) is 48.2 Å². The first-order chi connectivity index (χ1) is 12.5. The number of ether oxygens (including phenoxy) is 1. The predicted octanol–water partition coefficient (Wildman–Crippen LogP) is 3.48. The van der Waals surface area contributed by atoms with Gasteiger partial charge in [0.1, 0.15) is 11.8 Å². The number of nitrogens with one attached hydrogen (secondary N) is 2. The summed E-state index contributed by atoms with van der Waals surface area (Å²) in [5, 5.41) is 14.1. The summed E-state index contributed by atoms with van der Waals surface area (Å²) in [6.07, 6.45) is 0.472. The first kappa shape index (κ1) is 16.7. The second-order valence-electron chi connectivity index (χ2n) is 6.94. The Morgan fingerprint density at radius 3 is 2.69 bits per heavy atom. The van der Waals surface area contributed by atoms with Crippen LogP contribution in [0, 0.1) is 13.8 Å². The quantitative estimate of drug-likeness (QED) is 0.676. The van der Waals surface area contributed by atoms with Gasteiger partial charge in [0.2, 0.25) is 0 Å². The molecular formula is C21H22N2O3. The number of carboxylic acid groups (broad SMARTS) is 1. The van der Waals surface area contributed by atoms with E-state index in [1.54, 1.807) is 7.11 Å². The summed E-state index contributed by atoms with van der Waals surface area (Å²) in [6, 6.07) is 11.4. The van der Waals surface area contributed by atoms with Crippen LogP contribution in [-0.2, 0) is 11.2 Å². The zero-order valence-electron chi connectivity index (χ0n) is 15.1. The number of H-pyrrole nitrogens is 1. The third-order valence-corrected chi connectivity index (χ3v) is 5.30. The number of hydrogen-bond acceptors (Lipinski definition) is 3. The van der Waals surface area contributed by atoms with Crippen molar-refractivity contribution in [1.29, 1.82) is 0 Å². The molecule has 134 valence electrons. The standard InChI is InChI=1S/C21H22N2O3/c1-11-9-18(26-3)12(2)8-14(11)19-20-15(10-17(23-19)21(24)25)13-6-4-5-7-16(13)22-20/h4-9,17,19,22-23H,10H2,1-3H3,(H,24,25). The highest BCUT2D eigenvalue weighted by Gasteiger charge is 2.34. The van der Waals surface area contributed by atoms with Crippen LogP contribution in [0.25, 0.3) is 10.9 Å². The summed E-state index contributed by atoms with van der Waals surface area (Å²) in [5.74, 6) is 0.0162. The number of aryl methyl sites for hydroxylation is 2. The lowest BCUT2D eigenvalue weighted by Crippen LogP contribution is -2.45. The SMILES string of the molecule is COc1cc(C)c(C2NC(C(=O)O)Cc3c2[nH]c2ccccc32)cc1C. The molecule has 0 amide bonds. The molecule has 1 aliphatic rings. The van der Waals surface area contributed by atoms with Crippen LogP contribution >= 0.6 is 0 Å². The largest absolute Gasteiger partial charge is 0.496 e. The molecule has 0 bridgehead atoms. The second kappa shape index (κ2) is 6.18. The van der Waals surface area contributed by atoms with E-state index < -0.39 is 12.0 Å². The Morgan fingerprint density at radius 2 is 1.96 bits per heavy atom. The number of carboxylic acids is 1. The monoisotopic (exact) mass is 350 g/mol. The highest BCUT2D eigenvalue weighted by molar-refractivity contribution is 5.87. The van der Waals surface area contributed by atoms with E-state index in [4.69, 9.17) is 4.74 Å². The van der Waals surface area contributed by atoms with Crippen LogP contribution in [0.15, 0.2) is 36.4 Å². The molecule has 5 nitrogen and oxygen atoms in total. The highest BCUT2D eigenvalue weighted by atomic mass is 16.5. The smallest absolute Gasteiger partial charge is 0.321 e. The Hall–Kier alpha value is -2.79. The van der Waals surface area contributed by atoms with Crippen LogP contribution in [-0.4, -0.2) is 29.2 Å². The Balaban J connectivity index is 1.92. The fourth-order valence-electron chi connectivity index (χ4n) is 3.98. The van der Waals surface area contributed by atoms with Gasteiger partial charge >= 0.3 is 5.97 Å². The van der Waals surface area contributed by atoms with Crippen molar-refractivity contribution in [2.75, 3.05) is 7.11 Å². The number of para-hydroxylation sites is 1. The number of methoxy groups -OCH3 is 1. The van der Waals surface area contributed by atoms with E-state index >= 15 is 0 Å². The van der Waals surface area contributed by atoms with Crippen LogP contribution < -0.4 is 10.1 Å². The molecule has 0 spiro atoms. The van der Waals surface area contributed by atoms with Crippen molar-refractivity contribution in [3.63, 3.8) is 0 Å². The minimum absolute atomic E-state index is 0.197. The van der Waals surface area contributed by atoms with E-state index in [1.807, 2.05) is 38.1 Å². The first-order valence-corrected chi connectivity index (χ1v) is 8.73. The Morgan fingerprint density at radius 1 is 1.19 bits per heavy atom. The molecule has 5 heteroatoms. The normalized spacial score (nSPS) is 19.3. The number of fused-ring (bicyclic) bond motifs is 3. The van der Waals surface area contributed by atoms with Crippen molar-refractivity contribution in [2.24, 2.45) is 0 Å². The molecule has 3 aromatic rings. The molecule has 1 aromatic heterocycles. The molecule has 2 aromatic carbocycles. The van der Waals surface area contributed by atoms with Crippen LogP contribution in [0.4, 0.5) is 0 Å². The van der Waals surface area contributed by atoms with E-state index in [-0.39, 0.29) is 6.04 Å². The molecule has 0 aliphatic carbocycles. The van der Waals surface area contributed by atoms with Gasteiger partial charge in [0, 0.05) is 23.0 Å². The van der Waals surface area contributed by atoms with Crippen molar-refractivity contribution < 1.29 is 14.6 Å². The molecule has 4 rings (SSSR count). The van der Waals surface area contributed by atoms with Gasteiger partial charge in [0.25, 0.3) is 0 Å². The number of hydrogen-bond donors (Lipinski definition) is 3. The lowest BCUT2D eigenvalue weighted by Gasteiger charge is -2.31. The Kier molecular flexibility index (Phi) is 3.96. The van der Waals surface area contributed by atoms with Gasteiger partial charge < -0.3 is 14.8 Å². The molecule has 0 fully saturated rings. The summed E-state index contributed by atoms with van der Waals surface area (Å²) in [6.45, 7) is 4.04. The average molecular weight is 350 g/mol. The maximum absolute atomic E-state index is 11.8. The zero-order valence-corrected chi connectivity index (χ0v) is 15.1. The Bertz CT molecular complexity index is 1010. The topological polar surface area (TPSA) is 74.3 Å². The van der Waals surface area contributed by atoms with Gasteiger partial charge in [0.15, 0.2) is 0 Å². The van der Waals surface area contributed by atoms with Gasteiger partial charge in [0.05, 0.1) is 13.2 Å². The molecule has 1 aliphatic heterocycles. The summed E-state index contributed by atoms with van der Waals surface area (Å²) < 4.78 is 5.42. The number of aromatic amines is 1. The van der Waals surface area contributed by atoms with Gasteiger partial charge in [-0.25, -0.2) is 0 Å². The van der Waals surface area contributed by atoms with Crippen LogP contribution in [0.3, 0.4) is 0 Å². The summed E-state index contributed by atoms with van der Waals surface area (Å²) in [4.78, 5) is 15.3. The minimum atomic E-state index is -0.825. The van der Waals surface area contributed by atoms with E-state index in [0.717, 1.165) is 44.6 Å². The maximum Gasteiger partial charge on any atom is 0.321 e. The van der Waals surface area contributed by atoms with Gasteiger partial charge in [-0.2, -0.15) is 0 Å². The molecule has 2 unspecified atom stereocenters. The van der Waals surface area contributed by atoms with Gasteiger partial charge in [-0.15, -0.1) is 0 Å². The van der Waals surface area contributed by atoms with Crippen LogP contribution in [0.2, 0.25) is 0 Å². The summed E-state index contributed by atoms with van der Waals surface area (Å²) in [5.41, 5.74) is 6.35. The van der Waals surface area contributed by atoms with Crippen molar-refractivity contribution in [3.05, 3.63) is 64.3 Å². The molecule has 3 N–H and O–H groups in total. The van der Waals surface area contributed by atoms with Crippen LogP contribution in [0.5, 0.6) is 5.75 Å². The molecular weight excluding hydrogens is 328 g/mol. The molecule has 0 saturated heterocycles. The number of aromatic nitrogens is 1. The van der Waals surface area contributed by atoms with Crippen molar-refractivity contribution in [3.8, 4) is 5.75 Å². The van der Waals surface area contributed by atoms with E-state index in [2.05, 4.69) is 22.4 Å². The summed E-state index contributed by atoms with van der Waals surface area (Å²) >= 11 is 0. The third-order valence-electron chi connectivity index (χ3n) is 5.30.